The molecule has 1 heterocycles. The molecule has 2 rings (SSSR count). The van der Waals surface area contributed by atoms with Crippen LogP contribution in [0.3, 0.4) is 0 Å². The predicted molar refractivity (Wildman–Crippen MR) is 46.5 cm³/mol. The third-order valence-corrected chi connectivity index (χ3v) is 1.24. The number of esters is 1. The Morgan fingerprint density at radius 2 is 1.50 bits per heavy atom. The maximum Gasteiger partial charge on any atom is 0.330 e. The second-order valence-electron chi connectivity index (χ2n) is 2.19. The monoisotopic (exact) mass is 162 g/mol. The van der Waals surface area contributed by atoms with Gasteiger partial charge in [0.1, 0.15) is 6.61 Å². The molecule has 1 aromatic carbocycles. The SMILES string of the molecule is O=C1C=CCO1.c1ccccc1. The molecule has 0 unspecified atom stereocenters. The van der Waals surface area contributed by atoms with Crippen LogP contribution in [0, 0.1) is 0 Å². The van der Waals surface area contributed by atoms with Crippen molar-refractivity contribution in [3.05, 3.63) is 48.6 Å². The molecule has 0 amide bonds. The van der Waals surface area contributed by atoms with Gasteiger partial charge in [-0.3, -0.25) is 0 Å². The molecule has 0 saturated heterocycles. The van der Waals surface area contributed by atoms with Gasteiger partial charge in [-0.05, 0) is 6.08 Å². The first-order chi connectivity index (χ1) is 5.89. The van der Waals surface area contributed by atoms with E-state index in [1.165, 1.54) is 6.08 Å². The summed E-state index contributed by atoms with van der Waals surface area (Å²) in [4.78, 5) is 9.93. The van der Waals surface area contributed by atoms with Crippen LogP contribution < -0.4 is 0 Å². The molecule has 0 bridgehead atoms. The summed E-state index contributed by atoms with van der Waals surface area (Å²) in [7, 11) is 0. The minimum absolute atomic E-state index is 0.227. The van der Waals surface area contributed by atoms with Gasteiger partial charge in [0.25, 0.3) is 0 Å². The minimum Gasteiger partial charge on any atom is -0.458 e. The molecule has 2 heteroatoms. The summed E-state index contributed by atoms with van der Waals surface area (Å²) < 4.78 is 4.40. The average Bonchev–Trinajstić information content (AvgIpc) is 2.60. The van der Waals surface area contributed by atoms with Gasteiger partial charge in [0, 0.05) is 6.08 Å². The highest BCUT2D eigenvalue weighted by Gasteiger charge is 1.98. The fraction of sp³-hybridized carbons (Fsp3) is 0.100. The first-order valence-corrected chi connectivity index (χ1v) is 3.73. The Bertz CT molecular complexity index is 225. The van der Waals surface area contributed by atoms with E-state index in [0.717, 1.165) is 0 Å². The minimum atomic E-state index is -0.227. The Balaban J connectivity index is 0.000000120. The van der Waals surface area contributed by atoms with Crippen LogP contribution in [-0.2, 0) is 9.53 Å². The Hall–Kier alpha value is -1.57. The molecule has 0 radical (unpaired) electrons. The fourth-order valence-corrected chi connectivity index (χ4v) is 0.708. The highest BCUT2D eigenvalue weighted by atomic mass is 16.5. The third-order valence-electron chi connectivity index (χ3n) is 1.24. The zero-order valence-electron chi connectivity index (χ0n) is 6.64. The summed E-state index contributed by atoms with van der Waals surface area (Å²) in [6, 6.07) is 12.0. The highest BCUT2D eigenvalue weighted by molar-refractivity contribution is 5.83. The molecule has 1 aromatic rings. The van der Waals surface area contributed by atoms with Crippen LogP contribution >= 0.6 is 0 Å². The van der Waals surface area contributed by atoms with Gasteiger partial charge in [-0.2, -0.15) is 0 Å². The van der Waals surface area contributed by atoms with Gasteiger partial charge in [0.15, 0.2) is 0 Å². The molecule has 0 N–H and O–H groups in total. The van der Waals surface area contributed by atoms with Gasteiger partial charge in [-0.15, -0.1) is 0 Å². The standard InChI is InChI=1S/C6H6.C4H4O2/c1-2-4-6-5-3-1;5-4-2-1-3-6-4/h1-6H;1-2H,3H2. The molecule has 12 heavy (non-hydrogen) atoms. The van der Waals surface area contributed by atoms with Crippen molar-refractivity contribution in [1.82, 2.24) is 0 Å². The van der Waals surface area contributed by atoms with Gasteiger partial charge in [-0.25, -0.2) is 4.79 Å². The van der Waals surface area contributed by atoms with Gasteiger partial charge >= 0.3 is 5.97 Å². The summed E-state index contributed by atoms with van der Waals surface area (Å²) in [5, 5.41) is 0. The first-order valence-electron chi connectivity index (χ1n) is 3.73. The third kappa shape index (κ3) is 3.56. The quantitative estimate of drug-likeness (QED) is 0.543. The van der Waals surface area contributed by atoms with Crippen LogP contribution in [0.1, 0.15) is 0 Å². The van der Waals surface area contributed by atoms with Crippen LogP contribution in [0.5, 0.6) is 0 Å². The van der Waals surface area contributed by atoms with E-state index in [0.29, 0.717) is 6.61 Å². The van der Waals surface area contributed by atoms with E-state index in [9.17, 15) is 4.79 Å². The molecule has 2 nitrogen and oxygen atoms in total. The van der Waals surface area contributed by atoms with E-state index in [1.54, 1.807) is 6.08 Å². The topological polar surface area (TPSA) is 26.3 Å². The zero-order chi connectivity index (χ0) is 8.65. The molecular formula is C10H10O2. The van der Waals surface area contributed by atoms with E-state index < -0.39 is 0 Å². The van der Waals surface area contributed by atoms with E-state index in [1.807, 2.05) is 36.4 Å². The van der Waals surface area contributed by atoms with E-state index >= 15 is 0 Å². The van der Waals surface area contributed by atoms with Crippen LogP contribution in [0.4, 0.5) is 0 Å². The molecule has 0 fully saturated rings. The molecule has 62 valence electrons. The van der Waals surface area contributed by atoms with Crippen molar-refractivity contribution in [3.63, 3.8) is 0 Å². The summed E-state index contributed by atoms with van der Waals surface area (Å²) in [5.74, 6) is -0.227. The molecule has 1 aliphatic heterocycles. The molecule has 0 aliphatic carbocycles. The van der Waals surface area contributed by atoms with Crippen LogP contribution in [0.2, 0.25) is 0 Å². The van der Waals surface area contributed by atoms with E-state index in [4.69, 9.17) is 0 Å². The van der Waals surface area contributed by atoms with Crippen molar-refractivity contribution >= 4 is 5.97 Å². The van der Waals surface area contributed by atoms with Crippen molar-refractivity contribution < 1.29 is 9.53 Å². The molecular weight excluding hydrogens is 152 g/mol. The number of cyclic esters (lactones) is 1. The average molecular weight is 162 g/mol. The van der Waals surface area contributed by atoms with Crippen molar-refractivity contribution in [2.45, 2.75) is 0 Å². The summed E-state index contributed by atoms with van der Waals surface area (Å²) in [6.07, 6.45) is 3.10. The molecule has 0 aromatic heterocycles. The molecule has 0 spiro atoms. The normalized spacial score (nSPS) is 13.2. The molecule has 0 atom stereocenters. The number of carbonyl (C=O) groups is 1. The van der Waals surface area contributed by atoms with Crippen LogP contribution in [0.25, 0.3) is 0 Å². The first kappa shape index (κ1) is 8.53. The number of hydrogen-bond donors (Lipinski definition) is 0. The maximum absolute atomic E-state index is 9.93. The highest BCUT2D eigenvalue weighted by Crippen LogP contribution is 1.89. The number of carbonyl (C=O) groups excluding carboxylic acids is 1. The van der Waals surface area contributed by atoms with Crippen LogP contribution in [-0.4, -0.2) is 12.6 Å². The summed E-state index contributed by atoms with van der Waals surface area (Å²) >= 11 is 0. The summed E-state index contributed by atoms with van der Waals surface area (Å²) in [6.45, 7) is 0.457. The molecule has 0 saturated carbocycles. The van der Waals surface area contributed by atoms with Crippen molar-refractivity contribution in [2.24, 2.45) is 0 Å². The Morgan fingerprint density at radius 1 is 1.00 bits per heavy atom. The largest absolute Gasteiger partial charge is 0.458 e. The van der Waals surface area contributed by atoms with Crippen LogP contribution in [0.15, 0.2) is 48.6 Å². The number of rotatable bonds is 0. The lowest BCUT2D eigenvalue weighted by Gasteiger charge is -1.81. The van der Waals surface area contributed by atoms with Gasteiger partial charge < -0.3 is 4.74 Å². The number of benzene rings is 1. The maximum atomic E-state index is 9.93. The van der Waals surface area contributed by atoms with E-state index in [2.05, 4.69) is 4.74 Å². The fourth-order valence-electron chi connectivity index (χ4n) is 0.708. The lowest BCUT2D eigenvalue weighted by Crippen LogP contribution is -1.89. The Morgan fingerprint density at radius 3 is 1.67 bits per heavy atom. The Kier molecular flexibility index (Phi) is 3.64. The second-order valence-corrected chi connectivity index (χ2v) is 2.19. The van der Waals surface area contributed by atoms with Crippen molar-refractivity contribution in [2.75, 3.05) is 6.61 Å². The van der Waals surface area contributed by atoms with Gasteiger partial charge in [0.05, 0.1) is 0 Å². The lowest BCUT2D eigenvalue weighted by atomic mass is 10.4. The second kappa shape index (κ2) is 5.13. The molecule has 1 aliphatic rings. The van der Waals surface area contributed by atoms with E-state index in [-0.39, 0.29) is 5.97 Å². The van der Waals surface area contributed by atoms with Crippen molar-refractivity contribution in [3.8, 4) is 0 Å². The van der Waals surface area contributed by atoms with Gasteiger partial charge in [0.2, 0.25) is 0 Å². The zero-order valence-corrected chi connectivity index (χ0v) is 6.64. The number of ether oxygens (including phenoxy) is 1. The smallest absolute Gasteiger partial charge is 0.330 e. The Labute approximate surface area is 71.5 Å². The number of hydrogen-bond acceptors (Lipinski definition) is 2. The summed E-state index contributed by atoms with van der Waals surface area (Å²) in [5.41, 5.74) is 0. The van der Waals surface area contributed by atoms with Gasteiger partial charge in [-0.1, -0.05) is 36.4 Å². The predicted octanol–water partition coefficient (Wildman–Crippen LogP) is 1.79. The van der Waals surface area contributed by atoms with Crippen molar-refractivity contribution in [1.29, 1.82) is 0 Å². The lowest BCUT2D eigenvalue weighted by molar-refractivity contribution is -0.134.